The summed E-state index contributed by atoms with van der Waals surface area (Å²) in [5.41, 5.74) is 0. The molecule has 5 nitrogen and oxygen atoms in total. The van der Waals surface area contributed by atoms with Crippen molar-refractivity contribution in [2.75, 3.05) is 19.8 Å². The third kappa shape index (κ3) is 6.22. The zero-order valence-corrected chi connectivity index (χ0v) is 15.4. The molecule has 1 aromatic heterocycles. The molecule has 0 saturated carbocycles. The highest BCUT2D eigenvalue weighted by Gasteiger charge is 2.40. The largest absolute Gasteiger partial charge is 0.490 e. The number of carboxylic acid groups (broad SMARTS) is 1. The van der Waals surface area contributed by atoms with Crippen LogP contribution >= 0.6 is 11.3 Å². The van der Waals surface area contributed by atoms with E-state index in [0.717, 1.165) is 26.2 Å². The summed E-state index contributed by atoms with van der Waals surface area (Å²) in [6.07, 6.45) is -0.753. The maximum absolute atomic E-state index is 10.6. The molecule has 1 N–H and O–H groups in total. The molecule has 0 unspecified atom stereocenters. The van der Waals surface area contributed by atoms with Crippen LogP contribution in [0.25, 0.3) is 0 Å². The normalized spacial score (nSPS) is 26.1. The zero-order chi connectivity index (χ0) is 19.2. The van der Waals surface area contributed by atoms with E-state index in [4.69, 9.17) is 19.4 Å². The van der Waals surface area contributed by atoms with Crippen LogP contribution in [0.1, 0.15) is 31.1 Å². The van der Waals surface area contributed by atoms with Crippen molar-refractivity contribution in [3.05, 3.63) is 22.4 Å². The highest BCUT2D eigenvalue weighted by molar-refractivity contribution is 7.09. The Kier molecular flexibility index (Phi) is 7.87. The first kappa shape index (κ1) is 21.1. The summed E-state index contributed by atoms with van der Waals surface area (Å²) < 4.78 is 43.4. The van der Waals surface area contributed by atoms with E-state index in [9.17, 15) is 13.2 Å². The van der Waals surface area contributed by atoms with Crippen molar-refractivity contribution in [1.29, 1.82) is 0 Å². The van der Waals surface area contributed by atoms with Crippen LogP contribution in [0, 0.1) is 0 Å². The molecule has 0 spiro atoms. The molecular weight excluding hydrogens is 371 g/mol. The van der Waals surface area contributed by atoms with Gasteiger partial charge in [0.2, 0.25) is 0 Å². The molecule has 2 fully saturated rings. The molecular formula is C17H24F3NO4S. The number of carboxylic acids is 1. The lowest BCUT2D eigenvalue weighted by Gasteiger charge is -2.35. The minimum atomic E-state index is -5.08. The fraction of sp³-hybridized carbons (Fsp3) is 0.706. The molecule has 9 heteroatoms. The SMILES string of the molecule is CCOC[C@@H]1CC[C@H]2[C@H](CCN2Cc2cccs2)O1.O=C(O)C(F)(F)F. The number of nitrogens with zero attached hydrogens (tertiary/aromatic N) is 1. The lowest BCUT2D eigenvalue weighted by Crippen LogP contribution is -2.43. The van der Waals surface area contributed by atoms with Crippen molar-refractivity contribution in [2.45, 2.75) is 57.2 Å². The third-order valence-corrected chi connectivity index (χ3v) is 5.30. The number of rotatable bonds is 5. The standard InChI is InChI=1S/C15H23NO2S.C2HF3O2/c1-2-17-11-12-5-6-14-15(18-12)7-8-16(14)10-13-4-3-9-19-13;3-2(4,5)1(6)7/h3-4,9,12,14-15H,2,5-8,10-11H2,1H3;(H,6,7)/t12-,14-,15-;/m0./s1. The smallest absolute Gasteiger partial charge is 0.475 e. The highest BCUT2D eigenvalue weighted by atomic mass is 32.1. The van der Waals surface area contributed by atoms with Gasteiger partial charge in [0.15, 0.2) is 0 Å². The Labute approximate surface area is 154 Å². The van der Waals surface area contributed by atoms with Crippen molar-refractivity contribution < 1.29 is 32.5 Å². The molecule has 2 aliphatic rings. The maximum atomic E-state index is 10.6. The predicted molar refractivity (Wildman–Crippen MR) is 91.2 cm³/mol. The summed E-state index contributed by atoms with van der Waals surface area (Å²) in [7, 11) is 0. The quantitative estimate of drug-likeness (QED) is 0.827. The predicted octanol–water partition coefficient (Wildman–Crippen LogP) is 3.54. The second kappa shape index (κ2) is 9.68. The van der Waals surface area contributed by atoms with Gasteiger partial charge < -0.3 is 14.6 Å². The van der Waals surface area contributed by atoms with E-state index in [-0.39, 0.29) is 0 Å². The number of likely N-dealkylation sites (tertiary alicyclic amines) is 1. The maximum Gasteiger partial charge on any atom is 0.490 e. The lowest BCUT2D eigenvalue weighted by molar-refractivity contribution is -0.192. The summed E-state index contributed by atoms with van der Waals surface area (Å²) in [5, 5.41) is 9.29. The van der Waals surface area contributed by atoms with Crippen LogP contribution in [-0.2, 0) is 20.8 Å². The Bertz CT molecular complexity index is 553. The monoisotopic (exact) mass is 395 g/mol. The molecule has 2 saturated heterocycles. The van der Waals surface area contributed by atoms with Crippen molar-refractivity contribution >= 4 is 17.3 Å². The third-order valence-electron chi connectivity index (χ3n) is 4.44. The summed E-state index contributed by atoms with van der Waals surface area (Å²) in [6.45, 7) is 5.87. The van der Waals surface area contributed by atoms with Gasteiger partial charge in [-0.3, -0.25) is 4.90 Å². The Morgan fingerprint density at radius 3 is 2.73 bits per heavy atom. The molecule has 3 rings (SSSR count). The van der Waals surface area contributed by atoms with Crippen LogP contribution < -0.4 is 0 Å². The molecule has 0 aromatic carbocycles. The van der Waals surface area contributed by atoms with Crippen molar-refractivity contribution in [3.8, 4) is 0 Å². The van der Waals surface area contributed by atoms with Crippen molar-refractivity contribution in [2.24, 2.45) is 0 Å². The van der Waals surface area contributed by atoms with Crippen LogP contribution in [0.2, 0.25) is 0 Å². The summed E-state index contributed by atoms with van der Waals surface area (Å²) in [5.74, 6) is -2.76. The number of halogens is 3. The minimum absolute atomic E-state index is 0.322. The molecule has 3 heterocycles. The van der Waals surface area contributed by atoms with Gasteiger partial charge in [-0.25, -0.2) is 4.79 Å². The van der Waals surface area contributed by atoms with Crippen LogP contribution in [0.5, 0.6) is 0 Å². The molecule has 26 heavy (non-hydrogen) atoms. The van der Waals surface area contributed by atoms with Gasteiger partial charge in [-0.15, -0.1) is 11.3 Å². The minimum Gasteiger partial charge on any atom is -0.475 e. The number of alkyl halides is 3. The van der Waals surface area contributed by atoms with Gasteiger partial charge in [0.05, 0.1) is 18.8 Å². The van der Waals surface area contributed by atoms with Gasteiger partial charge in [0, 0.05) is 30.6 Å². The van der Waals surface area contributed by atoms with E-state index in [0.29, 0.717) is 18.2 Å². The number of hydrogen-bond acceptors (Lipinski definition) is 5. The number of carbonyl (C=O) groups is 1. The molecule has 1 aromatic rings. The second-order valence-electron chi connectivity index (χ2n) is 6.24. The van der Waals surface area contributed by atoms with Crippen molar-refractivity contribution in [3.63, 3.8) is 0 Å². The summed E-state index contributed by atoms with van der Waals surface area (Å²) in [6, 6.07) is 5.00. The van der Waals surface area contributed by atoms with Gasteiger partial charge in [0.25, 0.3) is 0 Å². The topological polar surface area (TPSA) is 59.0 Å². The average molecular weight is 395 g/mol. The Morgan fingerprint density at radius 1 is 1.42 bits per heavy atom. The first-order valence-electron chi connectivity index (χ1n) is 8.61. The van der Waals surface area contributed by atoms with Crippen LogP contribution in [0.15, 0.2) is 17.5 Å². The lowest BCUT2D eigenvalue weighted by atomic mass is 9.99. The molecule has 3 atom stereocenters. The Morgan fingerprint density at radius 2 is 2.15 bits per heavy atom. The van der Waals surface area contributed by atoms with E-state index in [1.807, 2.05) is 18.3 Å². The van der Waals surface area contributed by atoms with Gasteiger partial charge in [-0.05, 0) is 37.6 Å². The van der Waals surface area contributed by atoms with Gasteiger partial charge in [-0.2, -0.15) is 13.2 Å². The van der Waals surface area contributed by atoms with Crippen molar-refractivity contribution in [1.82, 2.24) is 4.90 Å². The Balaban J connectivity index is 0.000000298. The van der Waals surface area contributed by atoms with Crippen LogP contribution in [0.4, 0.5) is 13.2 Å². The molecule has 2 aliphatic heterocycles. The molecule has 0 bridgehead atoms. The fourth-order valence-corrected chi connectivity index (χ4v) is 3.99. The number of ether oxygens (including phenoxy) is 2. The number of aliphatic carboxylic acids is 1. The summed E-state index contributed by atoms with van der Waals surface area (Å²) >= 11 is 1.86. The van der Waals surface area contributed by atoms with Gasteiger partial charge in [-0.1, -0.05) is 6.07 Å². The second-order valence-corrected chi connectivity index (χ2v) is 7.27. The van der Waals surface area contributed by atoms with Gasteiger partial charge >= 0.3 is 12.1 Å². The van der Waals surface area contributed by atoms with E-state index in [2.05, 4.69) is 22.4 Å². The van der Waals surface area contributed by atoms with E-state index < -0.39 is 12.1 Å². The van der Waals surface area contributed by atoms with Gasteiger partial charge in [0.1, 0.15) is 0 Å². The van der Waals surface area contributed by atoms with Crippen LogP contribution in [0.3, 0.4) is 0 Å². The number of hydrogen-bond donors (Lipinski definition) is 1. The number of thiophene rings is 1. The molecule has 0 radical (unpaired) electrons. The van der Waals surface area contributed by atoms with E-state index in [1.54, 1.807) is 0 Å². The first-order valence-corrected chi connectivity index (χ1v) is 9.49. The number of fused-ring (bicyclic) bond motifs is 1. The highest BCUT2D eigenvalue weighted by Crippen LogP contribution is 2.33. The Hall–Kier alpha value is -1.16. The molecule has 148 valence electrons. The average Bonchev–Trinajstić information content (AvgIpc) is 3.23. The molecule has 0 amide bonds. The zero-order valence-electron chi connectivity index (χ0n) is 14.6. The molecule has 0 aliphatic carbocycles. The summed E-state index contributed by atoms with van der Waals surface area (Å²) in [4.78, 5) is 13.0. The van der Waals surface area contributed by atoms with E-state index >= 15 is 0 Å². The fourth-order valence-electron chi connectivity index (χ4n) is 3.26. The first-order chi connectivity index (χ1) is 12.3. The van der Waals surface area contributed by atoms with Crippen LogP contribution in [-0.4, -0.2) is 60.2 Å². The van der Waals surface area contributed by atoms with E-state index in [1.165, 1.54) is 24.3 Å².